The van der Waals surface area contributed by atoms with Crippen molar-refractivity contribution in [3.05, 3.63) is 16.0 Å². The molecule has 0 saturated carbocycles. The Hall–Kier alpha value is -0.790. The first-order valence-corrected chi connectivity index (χ1v) is 6.95. The Morgan fingerprint density at radius 3 is 2.74 bits per heavy atom. The highest BCUT2D eigenvalue weighted by molar-refractivity contribution is 9.09. The second-order valence-corrected chi connectivity index (χ2v) is 4.91. The minimum absolute atomic E-state index is 0.161. The number of esters is 1. The van der Waals surface area contributed by atoms with Gasteiger partial charge in [0.1, 0.15) is 16.7 Å². The maximum absolute atomic E-state index is 13.3. The third-order valence-electron chi connectivity index (χ3n) is 1.98. The third-order valence-corrected chi connectivity index (χ3v) is 3.03. The second-order valence-electron chi connectivity index (χ2n) is 3.37. The van der Waals surface area contributed by atoms with E-state index >= 15 is 0 Å². The molecule has 1 heterocycles. The van der Waals surface area contributed by atoms with Crippen LogP contribution in [-0.2, 0) is 9.53 Å². The fourth-order valence-electron chi connectivity index (χ4n) is 1.06. The van der Waals surface area contributed by atoms with Crippen molar-refractivity contribution in [1.29, 1.82) is 0 Å². The Morgan fingerprint density at radius 2 is 2.16 bits per heavy atom. The molecule has 0 aliphatic rings. The zero-order valence-electron chi connectivity index (χ0n) is 9.75. The number of carbonyl (C=O) groups excluding carboxylic acids is 1. The topological polar surface area (TPSA) is 74.4 Å². The van der Waals surface area contributed by atoms with Crippen molar-refractivity contribution in [3.8, 4) is 5.88 Å². The van der Waals surface area contributed by atoms with E-state index in [9.17, 15) is 9.18 Å². The van der Waals surface area contributed by atoms with Crippen molar-refractivity contribution in [2.45, 2.75) is 13.0 Å². The molecule has 106 valence electrons. The molecule has 19 heavy (non-hydrogen) atoms. The number of pyridine rings is 1. The molecule has 5 nitrogen and oxygen atoms in total. The number of ether oxygens (including phenoxy) is 2. The summed E-state index contributed by atoms with van der Waals surface area (Å²) < 4.78 is 23.2. The number of carbonyl (C=O) groups is 1. The lowest BCUT2D eigenvalue weighted by Crippen LogP contribution is -2.27. The molecule has 9 heteroatoms. The van der Waals surface area contributed by atoms with Gasteiger partial charge >= 0.3 is 5.97 Å². The molecule has 1 aromatic heterocycles. The molecule has 1 aromatic rings. The summed E-state index contributed by atoms with van der Waals surface area (Å²) in [6, 6.07) is 0. The minimum Gasteiger partial charge on any atom is -0.462 e. The molecule has 0 bridgehead atoms. The molecular weight excluding hydrogens is 366 g/mol. The van der Waals surface area contributed by atoms with Gasteiger partial charge in [-0.15, -0.1) is 0 Å². The first kappa shape index (κ1) is 16.3. The van der Waals surface area contributed by atoms with Gasteiger partial charge in [0.25, 0.3) is 0 Å². The quantitative estimate of drug-likeness (QED) is 0.486. The van der Waals surface area contributed by atoms with E-state index in [-0.39, 0.29) is 23.2 Å². The zero-order chi connectivity index (χ0) is 14.6. The van der Waals surface area contributed by atoms with Crippen molar-refractivity contribution in [2.24, 2.45) is 0 Å². The van der Waals surface area contributed by atoms with Crippen LogP contribution in [0, 0.1) is 5.95 Å². The summed E-state index contributed by atoms with van der Waals surface area (Å²) in [5.74, 6) is -1.98. The monoisotopic (exact) mass is 374 g/mol. The van der Waals surface area contributed by atoms with Crippen molar-refractivity contribution < 1.29 is 18.7 Å². The Bertz CT molecular complexity index is 490. The average molecular weight is 376 g/mol. The molecule has 0 radical (unpaired) electrons. The van der Waals surface area contributed by atoms with Crippen LogP contribution in [0.1, 0.15) is 6.92 Å². The van der Waals surface area contributed by atoms with E-state index in [1.807, 2.05) is 0 Å². The molecule has 0 amide bonds. The molecule has 1 atom stereocenters. The number of nitrogen functional groups attached to an aromatic ring is 1. The van der Waals surface area contributed by atoms with Gasteiger partial charge in [-0.05, 0) is 6.92 Å². The molecule has 0 aliphatic carbocycles. The molecule has 0 saturated heterocycles. The number of aromatic nitrogens is 1. The Labute approximate surface area is 127 Å². The lowest BCUT2D eigenvalue weighted by molar-refractivity contribution is -0.150. The highest BCUT2D eigenvalue weighted by Gasteiger charge is 2.22. The maximum atomic E-state index is 13.3. The van der Waals surface area contributed by atoms with Crippen LogP contribution in [0.4, 0.5) is 10.1 Å². The summed E-state index contributed by atoms with van der Waals surface area (Å²) in [6.45, 7) is 1.60. The van der Waals surface area contributed by atoms with Crippen LogP contribution in [0.15, 0.2) is 0 Å². The molecule has 1 rings (SSSR count). The smallest absolute Gasteiger partial charge is 0.347 e. The highest BCUT2D eigenvalue weighted by Crippen LogP contribution is 2.35. The normalized spacial score (nSPS) is 12.1. The third kappa shape index (κ3) is 4.09. The molecule has 0 unspecified atom stereocenters. The lowest BCUT2D eigenvalue weighted by Gasteiger charge is -2.15. The number of hydrogen-bond acceptors (Lipinski definition) is 5. The molecule has 2 N–H and O–H groups in total. The van der Waals surface area contributed by atoms with Gasteiger partial charge in [-0.3, -0.25) is 0 Å². The molecule has 0 aliphatic heterocycles. The summed E-state index contributed by atoms with van der Waals surface area (Å²) >= 11 is 14.4. The first-order chi connectivity index (χ1) is 8.88. The SMILES string of the molecule is C[C@@H](Oc1nc(F)c(Cl)c(N)c1Cl)C(=O)OCCBr. The Morgan fingerprint density at radius 1 is 1.53 bits per heavy atom. The summed E-state index contributed by atoms with van der Waals surface area (Å²) in [7, 11) is 0. The van der Waals surface area contributed by atoms with E-state index in [0.29, 0.717) is 5.33 Å². The van der Waals surface area contributed by atoms with Crippen LogP contribution >= 0.6 is 39.1 Å². The van der Waals surface area contributed by atoms with Gasteiger partial charge in [0.2, 0.25) is 11.8 Å². The van der Waals surface area contributed by atoms with E-state index in [1.165, 1.54) is 6.92 Å². The van der Waals surface area contributed by atoms with E-state index in [4.69, 9.17) is 38.4 Å². The van der Waals surface area contributed by atoms with E-state index < -0.39 is 23.0 Å². The molecule has 0 spiro atoms. The van der Waals surface area contributed by atoms with E-state index in [1.54, 1.807) is 0 Å². The van der Waals surface area contributed by atoms with Gasteiger partial charge < -0.3 is 15.2 Å². The lowest BCUT2D eigenvalue weighted by atomic mass is 10.4. The number of anilines is 1. The Balaban J connectivity index is 2.85. The number of nitrogens with zero attached hydrogens (tertiary/aromatic N) is 1. The van der Waals surface area contributed by atoms with E-state index in [2.05, 4.69) is 20.9 Å². The fourth-order valence-corrected chi connectivity index (χ4v) is 1.59. The largest absolute Gasteiger partial charge is 0.462 e. The van der Waals surface area contributed by atoms with Crippen molar-refractivity contribution in [2.75, 3.05) is 17.7 Å². The van der Waals surface area contributed by atoms with Crippen molar-refractivity contribution in [1.82, 2.24) is 4.98 Å². The van der Waals surface area contributed by atoms with E-state index in [0.717, 1.165) is 0 Å². The van der Waals surface area contributed by atoms with Gasteiger partial charge in [-0.2, -0.15) is 9.37 Å². The Kier molecular flexibility index (Phi) is 6.09. The zero-order valence-corrected chi connectivity index (χ0v) is 12.9. The first-order valence-electron chi connectivity index (χ1n) is 5.07. The van der Waals surface area contributed by atoms with Crippen LogP contribution in [0.3, 0.4) is 0 Å². The highest BCUT2D eigenvalue weighted by atomic mass is 79.9. The fraction of sp³-hybridized carbons (Fsp3) is 0.400. The number of alkyl halides is 1. The number of halogens is 4. The van der Waals surface area contributed by atoms with Gasteiger partial charge in [-0.25, -0.2) is 4.79 Å². The molecule has 0 aromatic carbocycles. The van der Waals surface area contributed by atoms with Crippen LogP contribution in [-0.4, -0.2) is 29.0 Å². The summed E-state index contributed by atoms with van der Waals surface area (Å²) in [6.07, 6.45) is -1.01. The predicted molar refractivity (Wildman–Crippen MR) is 73.5 cm³/mol. The van der Waals surface area contributed by atoms with Gasteiger partial charge in [0, 0.05) is 5.33 Å². The second kappa shape index (κ2) is 7.12. The minimum atomic E-state index is -1.03. The molecular formula is C10H10BrCl2FN2O3. The van der Waals surface area contributed by atoms with Crippen LogP contribution < -0.4 is 10.5 Å². The molecule has 0 fully saturated rings. The number of rotatable bonds is 5. The van der Waals surface area contributed by atoms with Crippen LogP contribution in [0.25, 0.3) is 0 Å². The average Bonchev–Trinajstić information content (AvgIpc) is 2.39. The van der Waals surface area contributed by atoms with Gasteiger partial charge in [0.05, 0.1) is 5.69 Å². The van der Waals surface area contributed by atoms with Crippen LogP contribution in [0.5, 0.6) is 5.88 Å². The number of nitrogens with two attached hydrogens (primary N) is 1. The van der Waals surface area contributed by atoms with Gasteiger partial charge in [-0.1, -0.05) is 39.1 Å². The van der Waals surface area contributed by atoms with Gasteiger partial charge in [0.15, 0.2) is 6.10 Å². The predicted octanol–water partition coefficient (Wildman–Crippen LogP) is 2.82. The van der Waals surface area contributed by atoms with Crippen LogP contribution in [0.2, 0.25) is 10.0 Å². The standard InChI is InChI=1S/C10H10BrCl2FN2O3/c1-4(10(17)18-3-2-11)19-9-6(13)7(15)5(12)8(14)16-9/h4H,2-3H2,1H3,(H2,15,16)/t4-/m1/s1. The summed E-state index contributed by atoms with van der Waals surface area (Å²) in [5.41, 5.74) is 5.27. The maximum Gasteiger partial charge on any atom is 0.347 e. The van der Waals surface area contributed by atoms with Crippen molar-refractivity contribution in [3.63, 3.8) is 0 Å². The summed E-state index contributed by atoms with van der Waals surface area (Å²) in [4.78, 5) is 14.9. The summed E-state index contributed by atoms with van der Waals surface area (Å²) in [5, 5.41) is -0.0640. The number of hydrogen-bond donors (Lipinski definition) is 1. The van der Waals surface area contributed by atoms with Crippen molar-refractivity contribution >= 4 is 50.8 Å².